The Hall–Kier alpha value is -4.28. The van der Waals surface area contributed by atoms with Crippen molar-refractivity contribution in [1.82, 2.24) is 0 Å². The minimum absolute atomic E-state index is 0.151. The molecule has 39 heavy (non-hydrogen) atoms. The summed E-state index contributed by atoms with van der Waals surface area (Å²) in [5, 5.41) is 0.428. The van der Waals surface area contributed by atoms with Crippen LogP contribution in [0.4, 0.5) is 5.69 Å². The average molecular weight is 530 g/mol. The van der Waals surface area contributed by atoms with Crippen molar-refractivity contribution in [3.05, 3.63) is 142 Å². The van der Waals surface area contributed by atoms with Crippen LogP contribution < -0.4 is 4.90 Å². The molecule has 4 aromatic carbocycles. The molecule has 0 N–H and O–H groups in total. The van der Waals surface area contributed by atoms with Crippen LogP contribution in [0, 0.1) is 12.3 Å². The first-order chi connectivity index (χ1) is 18.9. The summed E-state index contributed by atoms with van der Waals surface area (Å²) in [5.74, 6) is -1.48. The van der Waals surface area contributed by atoms with Crippen LogP contribution in [0.5, 0.6) is 0 Å². The van der Waals surface area contributed by atoms with Gasteiger partial charge in [-0.05, 0) is 35.7 Å². The Balaban J connectivity index is 1.58. The van der Waals surface area contributed by atoms with Crippen molar-refractivity contribution in [3.63, 3.8) is 0 Å². The molecule has 0 aromatic heterocycles. The molecule has 0 amide bonds. The summed E-state index contributed by atoms with van der Waals surface area (Å²) in [6.45, 7) is 2.00. The molecule has 0 saturated carbocycles. The van der Waals surface area contributed by atoms with E-state index >= 15 is 0 Å². The smallest absolute Gasteiger partial charge is 0.185 e. The summed E-state index contributed by atoms with van der Waals surface area (Å²) in [5.41, 5.74) is 3.19. The number of anilines is 1. The number of halogens is 1. The van der Waals surface area contributed by atoms with Crippen molar-refractivity contribution in [2.45, 2.75) is 24.9 Å². The fraction of sp³-hybridized carbons (Fsp3) is 0.147. The van der Waals surface area contributed by atoms with Gasteiger partial charge in [-0.3, -0.25) is 14.4 Å². The van der Waals surface area contributed by atoms with Crippen LogP contribution in [0.1, 0.15) is 53.7 Å². The molecule has 2 aliphatic heterocycles. The van der Waals surface area contributed by atoms with Gasteiger partial charge in [0.2, 0.25) is 0 Å². The van der Waals surface area contributed by atoms with Gasteiger partial charge in [0.15, 0.2) is 17.3 Å². The molecule has 190 valence electrons. The van der Waals surface area contributed by atoms with Gasteiger partial charge in [-0.1, -0.05) is 109 Å². The number of Topliss-reactive ketones (excluding diaryl/α,β-unsaturated/α-hetero) is 3. The highest BCUT2D eigenvalue weighted by Gasteiger charge is 2.71. The number of hydrogen-bond acceptors (Lipinski definition) is 4. The van der Waals surface area contributed by atoms with E-state index in [0.717, 1.165) is 16.8 Å². The van der Waals surface area contributed by atoms with E-state index in [9.17, 15) is 14.4 Å². The molecular weight excluding hydrogens is 506 g/mol. The van der Waals surface area contributed by atoms with Gasteiger partial charge < -0.3 is 4.90 Å². The van der Waals surface area contributed by atoms with E-state index in [1.54, 1.807) is 42.5 Å². The second-order valence-electron chi connectivity index (χ2n) is 10.5. The summed E-state index contributed by atoms with van der Waals surface area (Å²) >= 11 is 6.84. The van der Waals surface area contributed by atoms with Crippen LogP contribution >= 0.6 is 11.6 Å². The highest BCUT2D eigenvalue weighted by molar-refractivity contribution is 6.34. The van der Waals surface area contributed by atoms with Crippen LogP contribution in [0.25, 0.3) is 6.08 Å². The topological polar surface area (TPSA) is 54.5 Å². The zero-order valence-electron chi connectivity index (χ0n) is 21.2. The third kappa shape index (κ3) is 3.15. The van der Waals surface area contributed by atoms with E-state index in [-0.39, 0.29) is 17.3 Å². The molecule has 4 aromatic rings. The number of aryl methyl sites for hydroxylation is 1. The summed E-state index contributed by atoms with van der Waals surface area (Å²) in [7, 11) is 0. The fourth-order valence-electron chi connectivity index (χ4n) is 6.92. The van der Waals surface area contributed by atoms with Crippen LogP contribution in [-0.2, 0) is 0 Å². The second-order valence-corrected chi connectivity index (χ2v) is 10.9. The van der Waals surface area contributed by atoms with Crippen LogP contribution in [0.15, 0.2) is 103 Å². The second kappa shape index (κ2) is 8.62. The summed E-state index contributed by atoms with van der Waals surface area (Å²) in [4.78, 5) is 45.9. The van der Waals surface area contributed by atoms with E-state index in [0.29, 0.717) is 27.3 Å². The van der Waals surface area contributed by atoms with Gasteiger partial charge in [-0.25, -0.2) is 0 Å². The van der Waals surface area contributed by atoms with Crippen LogP contribution in [0.2, 0.25) is 5.02 Å². The highest BCUT2D eigenvalue weighted by Crippen LogP contribution is 2.61. The highest BCUT2D eigenvalue weighted by atomic mass is 35.5. The summed E-state index contributed by atoms with van der Waals surface area (Å²) in [6.07, 6.45) is 3.90. The number of hydrogen-bond donors (Lipinski definition) is 0. The maximum absolute atomic E-state index is 14.6. The van der Waals surface area contributed by atoms with Crippen LogP contribution in [0.3, 0.4) is 0 Å². The lowest BCUT2D eigenvalue weighted by Gasteiger charge is -2.37. The number of rotatable bonds is 3. The van der Waals surface area contributed by atoms with Crippen molar-refractivity contribution in [2.24, 2.45) is 5.41 Å². The van der Waals surface area contributed by atoms with Crippen LogP contribution in [-0.4, -0.2) is 29.4 Å². The number of ketones is 3. The molecule has 7 rings (SSSR count). The lowest BCUT2D eigenvalue weighted by atomic mass is 9.64. The fourth-order valence-corrected chi connectivity index (χ4v) is 7.17. The minimum atomic E-state index is -1.55. The van der Waals surface area contributed by atoms with Gasteiger partial charge in [0.05, 0.1) is 6.04 Å². The van der Waals surface area contributed by atoms with Gasteiger partial charge in [0.1, 0.15) is 11.5 Å². The zero-order chi connectivity index (χ0) is 26.9. The Morgan fingerprint density at radius 2 is 1.46 bits per heavy atom. The summed E-state index contributed by atoms with van der Waals surface area (Å²) < 4.78 is 0. The van der Waals surface area contributed by atoms with E-state index < -0.39 is 23.4 Å². The minimum Gasteiger partial charge on any atom is -0.352 e. The van der Waals surface area contributed by atoms with Gasteiger partial charge in [-0.2, -0.15) is 0 Å². The quantitative estimate of drug-likeness (QED) is 0.212. The Morgan fingerprint density at radius 1 is 0.821 bits per heavy atom. The lowest BCUT2D eigenvalue weighted by molar-refractivity contribution is 0.0666. The molecule has 2 heterocycles. The Kier molecular flexibility index (Phi) is 5.26. The van der Waals surface area contributed by atoms with Crippen molar-refractivity contribution in [3.8, 4) is 0 Å². The number of carbonyl (C=O) groups excluding carboxylic acids is 3. The molecule has 3 aliphatic rings. The standard InChI is InChI=1S/C34H24ClNO3/c1-20-15-16-21-17-18-28-34(32(38)23-11-5-6-12-24(23)33(34)39)29(25-13-7-8-14-26(25)35)30(36(28)27(21)19-20)31(37)22-9-3-2-4-10-22/h2-19,28-30H,1H3/t28-,29+,30-/m0/s1. The first-order valence-corrected chi connectivity index (χ1v) is 13.4. The summed E-state index contributed by atoms with van der Waals surface area (Å²) in [6, 6.07) is 27.9. The number of fused-ring (bicyclic) bond motifs is 5. The first kappa shape index (κ1) is 23.8. The van der Waals surface area contributed by atoms with Gasteiger partial charge in [0, 0.05) is 33.3 Å². The molecule has 0 unspecified atom stereocenters. The molecular formula is C34H24ClNO3. The molecule has 0 radical (unpaired) electrons. The van der Waals surface area contributed by atoms with Gasteiger partial charge in [-0.15, -0.1) is 0 Å². The van der Waals surface area contributed by atoms with Crippen molar-refractivity contribution in [1.29, 1.82) is 0 Å². The third-order valence-corrected chi connectivity index (χ3v) is 8.87. The largest absolute Gasteiger partial charge is 0.352 e. The molecule has 1 fully saturated rings. The van der Waals surface area contributed by atoms with Gasteiger partial charge >= 0.3 is 0 Å². The zero-order valence-corrected chi connectivity index (χ0v) is 21.9. The number of benzene rings is 4. The molecule has 4 nitrogen and oxygen atoms in total. The Bertz CT molecular complexity index is 1690. The van der Waals surface area contributed by atoms with E-state index in [4.69, 9.17) is 11.6 Å². The van der Waals surface area contributed by atoms with E-state index in [1.165, 1.54) is 0 Å². The van der Waals surface area contributed by atoms with Crippen molar-refractivity contribution in [2.75, 3.05) is 4.90 Å². The van der Waals surface area contributed by atoms with Crippen molar-refractivity contribution >= 4 is 40.7 Å². The maximum atomic E-state index is 14.6. The molecule has 1 spiro atoms. The molecule has 5 heteroatoms. The number of nitrogens with zero attached hydrogens (tertiary/aromatic N) is 1. The third-order valence-electron chi connectivity index (χ3n) is 8.53. The molecule has 1 saturated heterocycles. The normalized spacial score (nSPS) is 22.1. The molecule has 3 atom stereocenters. The maximum Gasteiger partial charge on any atom is 0.185 e. The average Bonchev–Trinajstić information content (AvgIpc) is 3.39. The first-order valence-electron chi connectivity index (χ1n) is 13.0. The van der Waals surface area contributed by atoms with Crippen molar-refractivity contribution < 1.29 is 14.4 Å². The molecule has 1 aliphatic carbocycles. The van der Waals surface area contributed by atoms with E-state index in [1.807, 2.05) is 78.6 Å². The Labute approximate surface area is 231 Å². The van der Waals surface area contributed by atoms with E-state index in [2.05, 4.69) is 0 Å². The lowest BCUT2D eigenvalue weighted by Crippen LogP contribution is -2.48. The SMILES string of the molecule is Cc1ccc2c(c1)N1[C@H](C(=O)c3ccccc3)[C@@H](c3ccccc3Cl)C3(C(=O)c4ccccc4C3=O)[C@@H]1C=C2. The number of carbonyl (C=O) groups is 3. The van der Waals surface area contributed by atoms with Gasteiger partial charge in [0.25, 0.3) is 0 Å². The Morgan fingerprint density at radius 3 is 2.15 bits per heavy atom. The monoisotopic (exact) mass is 529 g/mol. The predicted octanol–water partition coefficient (Wildman–Crippen LogP) is 6.96. The predicted molar refractivity (Wildman–Crippen MR) is 153 cm³/mol. The molecule has 0 bridgehead atoms.